The second kappa shape index (κ2) is 8.26. The zero-order valence-electron chi connectivity index (χ0n) is 17.3. The SMILES string of the molecule is C[C@@H](Oc1cc(-c2ccc(N3CCNCC3)cc2)cn2nccc12)[C@H]1CNC(O)C1. The van der Waals surface area contributed by atoms with E-state index in [1.807, 2.05) is 16.8 Å². The van der Waals surface area contributed by atoms with Crippen molar-refractivity contribution in [1.82, 2.24) is 20.2 Å². The van der Waals surface area contributed by atoms with Crippen LogP contribution in [-0.4, -0.2) is 59.8 Å². The van der Waals surface area contributed by atoms with Gasteiger partial charge in [0.15, 0.2) is 0 Å². The maximum absolute atomic E-state index is 9.77. The van der Waals surface area contributed by atoms with Gasteiger partial charge in [-0.05, 0) is 43.2 Å². The number of ether oxygens (including phenoxy) is 1. The summed E-state index contributed by atoms with van der Waals surface area (Å²) in [6, 6.07) is 12.8. The topological polar surface area (TPSA) is 74.1 Å². The number of pyridine rings is 1. The molecule has 3 atom stereocenters. The lowest BCUT2D eigenvalue weighted by molar-refractivity contribution is 0.128. The summed E-state index contributed by atoms with van der Waals surface area (Å²) in [5, 5.41) is 20.7. The van der Waals surface area contributed by atoms with Crippen LogP contribution in [0.5, 0.6) is 5.75 Å². The normalized spacial score (nSPS) is 23.1. The van der Waals surface area contributed by atoms with E-state index in [1.54, 1.807) is 6.20 Å². The van der Waals surface area contributed by atoms with Crippen LogP contribution in [0.3, 0.4) is 0 Å². The molecular formula is C23H29N5O2. The smallest absolute Gasteiger partial charge is 0.146 e. The lowest BCUT2D eigenvalue weighted by atomic mass is 10.0. The zero-order chi connectivity index (χ0) is 20.5. The van der Waals surface area contributed by atoms with Crippen LogP contribution in [0, 0.1) is 5.92 Å². The molecule has 0 amide bonds. The maximum atomic E-state index is 9.77. The summed E-state index contributed by atoms with van der Waals surface area (Å²) in [6.45, 7) is 6.99. The van der Waals surface area contributed by atoms with Crippen molar-refractivity contribution in [1.29, 1.82) is 0 Å². The quantitative estimate of drug-likeness (QED) is 0.602. The monoisotopic (exact) mass is 407 g/mol. The number of hydrogen-bond acceptors (Lipinski definition) is 6. The number of aliphatic hydroxyl groups excluding tert-OH is 1. The van der Waals surface area contributed by atoms with Gasteiger partial charge in [0, 0.05) is 56.1 Å². The molecular weight excluding hydrogens is 378 g/mol. The molecule has 7 heteroatoms. The van der Waals surface area contributed by atoms with Gasteiger partial charge in [-0.3, -0.25) is 5.32 Å². The number of aromatic nitrogens is 2. The van der Waals surface area contributed by atoms with E-state index in [1.165, 1.54) is 5.69 Å². The standard InChI is InChI=1S/C23H29N5O2/c1-16(18-13-23(29)25-14-18)30-22-12-19(15-28-21(22)6-7-26-28)17-2-4-20(5-3-17)27-10-8-24-9-11-27/h2-7,12,15-16,18,23-25,29H,8-11,13-14H2,1H3/t16-,18-,23?/m1/s1. The molecule has 0 saturated carbocycles. The molecule has 3 N–H and O–H groups in total. The molecule has 7 nitrogen and oxygen atoms in total. The van der Waals surface area contributed by atoms with Gasteiger partial charge in [0.1, 0.15) is 23.6 Å². The Morgan fingerprint density at radius 2 is 1.93 bits per heavy atom. The summed E-state index contributed by atoms with van der Waals surface area (Å²) in [6.07, 6.45) is 4.12. The van der Waals surface area contributed by atoms with E-state index in [2.05, 4.69) is 57.9 Å². The third-order valence-corrected chi connectivity index (χ3v) is 6.27. The zero-order valence-corrected chi connectivity index (χ0v) is 17.3. The molecule has 5 rings (SSSR count). The maximum Gasteiger partial charge on any atom is 0.146 e. The summed E-state index contributed by atoms with van der Waals surface area (Å²) >= 11 is 0. The average molecular weight is 408 g/mol. The lowest BCUT2D eigenvalue weighted by Crippen LogP contribution is -2.43. The van der Waals surface area contributed by atoms with Crippen LogP contribution in [0.15, 0.2) is 48.8 Å². The highest BCUT2D eigenvalue weighted by Crippen LogP contribution is 2.31. The van der Waals surface area contributed by atoms with Crippen LogP contribution in [0.25, 0.3) is 16.6 Å². The molecule has 1 unspecified atom stereocenters. The van der Waals surface area contributed by atoms with Gasteiger partial charge in [0.25, 0.3) is 0 Å². The highest BCUT2D eigenvalue weighted by molar-refractivity contribution is 5.72. The van der Waals surface area contributed by atoms with E-state index in [0.717, 1.165) is 55.1 Å². The van der Waals surface area contributed by atoms with Crippen LogP contribution < -0.4 is 20.3 Å². The van der Waals surface area contributed by atoms with Crippen LogP contribution in [0.2, 0.25) is 0 Å². The Bertz CT molecular complexity index is 997. The molecule has 2 aliphatic rings. The Kier molecular flexibility index (Phi) is 5.33. The molecule has 4 heterocycles. The Labute approximate surface area is 176 Å². The van der Waals surface area contributed by atoms with Crippen LogP contribution in [0.1, 0.15) is 13.3 Å². The Morgan fingerprint density at radius 3 is 2.67 bits per heavy atom. The predicted octanol–water partition coefficient (Wildman–Crippen LogP) is 2.11. The largest absolute Gasteiger partial charge is 0.488 e. The molecule has 2 fully saturated rings. The third kappa shape index (κ3) is 3.88. The summed E-state index contributed by atoms with van der Waals surface area (Å²) in [7, 11) is 0. The molecule has 0 spiro atoms. The minimum atomic E-state index is -0.434. The third-order valence-electron chi connectivity index (χ3n) is 6.27. The van der Waals surface area contributed by atoms with Gasteiger partial charge in [-0.25, -0.2) is 4.52 Å². The van der Waals surface area contributed by atoms with Crippen LogP contribution in [-0.2, 0) is 0 Å². The summed E-state index contributed by atoms with van der Waals surface area (Å²) in [5.74, 6) is 1.11. The van der Waals surface area contributed by atoms with Crippen molar-refractivity contribution in [2.24, 2.45) is 5.92 Å². The molecule has 0 radical (unpaired) electrons. The van der Waals surface area contributed by atoms with Crippen LogP contribution in [0.4, 0.5) is 5.69 Å². The fraction of sp³-hybridized carbons (Fsp3) is 0.435. The Hall–Kier alpha value is -2.61. The molecule has 0 aliphatic carbocycles. The van der Waals surface area contributed by atoms with Crippen molar-refractivity contribution < 1.29 is 9.84 Å². The number of aliphatic hydroxyl groups is 1. The molecule has 1 aromatic carbocycles. The van der Waals surface area contributed by atoms with Crippen molar-refractivity contribution in [3.63, 3.8) is 0 Å². The summed E-state index contributed by atoms with van der Waals surface area (Å²) in [5.41, 5.74) is 4.43. The highest BCUT2D eigenvalue weighted by atomic mass is 16.5. The molecule has 158 valence electrons. The van der Waals surface area contributed by atoms with Crippen LogP contribution >= 0.6 is 0 Å². The molecule has 0 bridgehead atoms. The van der Waals surface area contributed by atoms with Crippen molar-refractivity contribution in [2.45, 2.75) is 25.7 Å². The number of piperazine rings is 1. The number of nitrogens with one attached hydrogen (secondary N) is 2. The van der Waals surface area contributed by atoms with Gasteiger partial charge in [-0.2, -0.15) is 5.10 Å². The van der Waals surface area contributed by atoms with Crippen molar-refractivity contribution >= 4 is 11.2 Å². The van der Waals surface area contributed by atoms with Gasteiger partial charge >= 0.3 is 0 Å². The molecule has 30 heavy (non-hydrogen) atoms. The average Bonchev–Trinajstić information content (AvgIpc) is 3.43. The van der Waals surface area contributed by atoms with Crippen molar-refractivity contribution in [3.8, 4) is 16.9 Å². The molecule has 2 aromatic heterocycles. The predicted molar refractivity (Wildman–Crippen MR) is 118 cm³/mol. The Morgan fingerprint density at radius 1 is 1.13 bits per heavy atom. The van der Waals surface area contributed by atoms with E-state index < -0.39 is 6.23 Å². The van der Waals surface area contributed by atoms with E-state index in [9.17, 15) is 5.11 Å². The number of fused-ring (bicyclic) bond motifs is 1. The van der Waals surface area contributed by atoms with Crippen molar-refractivity contribution in [3.05, 3.63) is 48.8 Å². The van der Waals surface area contributed by atoms with Gasteiger partial charge < -0.3 is 20.1 Å². The van der Waals surface area contributed by atoms with E-state index in [-0.39, 0.29) is 12.0 Å². The highest BCUT2D eigenvalue weighted by Gasteiger charge is 2.28. The molecule has 3 aromatic rings. The second-order valence-corrected chi connectivity index (χ2v) is 8.28. The first kappa shape index (κ1) is 19.4. The molecule has 2 saturated heterocycles. The van der Waals surface area contributed by atoms with Gasteiger partial charge in [0.05, 0.1) is 6.20 Å². The fourth-order valence-corrected chi connectivity index (χ4v) is 4.43. The van der Waals surface area contributed by atoms with E-state index in [0.29, 0.717) is 6.42 Å². The first-order valence-corrected chi connectivity index (χ1v) is 10.8. The van der Waals surface area contributed by atoms with Gasteiger partial charge in [-0.1, -0.05) is 12.1 Å². The Balaban J connectivity index is 1.41. The number of anilines is 1. The number of nitrogens with zero attached hydrogens (tertiary/aromatic N) is 3. The number of rotatable bonds is 5. The van der Waals surface area contributed by atoms with E-state index in [4.69, 9.17) is 4.74 Å². The molecule has 2 aliphatic heterocycles. The first-order chi connectivity index (χ1) is 14.7. The van der Waals surface area contributed by atoms with Gasteiger partial charge in [0.2, 0.25) is 0 Å². The first-order valence-electron chi connectivity index (χ1n) is 10.8. The lowest BCUT2D eigenvalue weighted by Gasteiger charge is -2.29. The number of benzene rings is 1. The van der Waals surface area contributed by atoms with Crippen molar-refractivity contribution in [2.75, 3.05) is 37.6 Å². The minimum Gasteiger partial charge on any atom is -0.488 e. The van der Waals surface area contributed by atoms with E-state index >= 15 is 0 Å². The minimum absolute atomic E-state index is 0.00122. The summed E-state index contributed by atoms with van der Waals surface area (Å²) in [4.78, 5) is 2.41. The van der Waals surface area contributed by atoms with Gasteiger partial charge in [-0.15, -0.1) is 0 Å². The second-order valence-electron chi connectivity index (χ2n) is 8.28. The summed E-state index contributed by atoms with van der Waals surface area (Å²) < 4.78 is 8.25. The number of hydrogen-bond donors (Lipinski definition) is 3. The fourth-order valence-electron chi connectivity index (χ4n) is 4.43.